The number of rotatable bonds is 2. The van der Waals surface area contributed by atoms with Gasteiger partial charge in [-0.1, -0.05) is 31.9 Å². The Morgan fingerprint density at radius 1 is 1.26 bits per heavy atom. The number of carbonyl (C=O) groups excluding carboxylic acids is 1. The zero-order valence-corrected chi connectivity index (χ0v) is 16.3. The number of ether oxygens (including phenoxy) is 1. The third-order valence-corrected chi connectivity index (χ3v) is 5.39. The van der Waals surface area contributed by atoms with Crippen molar-refractivity contribution in [1.82, 2.24) is 9.78 Å². The van der Waals surface area contributed by atoms with Crippen LogP contribution >= 0.6 is 0 Å². The van der Waals surface area contributed by atoms with Crippen LogP contribution in [0.25, 0.3) is 11.8 Å². The lowest BCUT2D eigenvalue weighted by Gasteiger charge is -2.31. The first kappa shape index (κ1) is 19.1. The molecule has 0 radical (unpaired) electrons. The van der Waals surface area contributed by atoms with Gasteiger partial charge in [0, 0.05) is 11.5 Å². The third kappa shape index (κ3) is 3.34. The number of esters is 1. The van der Waals surface area contributed by atoms with Crippen LogP contribution in [-0.2, 0) is 16.0 Å². The molecule has 1 aromatic heterocycles. The summed E-state index contributed by atoms with van der Waals surface area (Å²) in [4.78, 5) is 11.7. The van der Waals surface area contributed by atoms with E-state index in [9.17, 15) is 9.18 Å². The van der Waals surface area contributed by atoms with E-state index in [4.69, 9.17) is 4.74 Å². The third-order valence-electron chi connectivity index (χ3n) is 5.39. The number of aromatic nitrogens is 2. The zero-order chi connectivity index (χ0) is 19.6. The van der Waals surface area contributed by atoms with Crippen LogP contribution in [0.15, 0.2) is 47.7 Å². The summed E-state index contributed by atoms with van der Waals surface area (Å²) in [6, 6.07) is 6.34. The van der Waals surface area contributed by atoms with Gasteiger partial charge in [-0.15, -0.1) is 0 Å². The van der Waals surface area contributed by atoms with Crippen LogP contribution in [0.1, 0.15) is 44.9 Å². The van der Waals surface area contributed by atoms with Gasteiger partial charge in [-0.05, 0) is 55.2 Å². The standard InChI is InChI=1S/C20H19FN2O2.C2H6/c1-20-11-13-12-22-23(17-7-5-16(21)6-8-17)18(13)9-14(20)3-4-15(20)10-19(24)25-2;1-2/h5-10,12H,3-4,11H2,1-2H3;1-2H3/b15-10+;. The Morgan fingerprint density at radius 2 is 1.96 bits per heavy atom. The van der Waals surface area contributed by atoms with Crippen molar-refractivity contribution in [3.05, 3.63) is 64.8 Å². The number of nitrogens with zero attached hydrogens (tertiary/aromatic N) is 2. The second kappa shape index (κ2) is 7.51. The summed E-state index contributed by atoms with van der Waals surface area (Å²) in [6.45, 7) is 6.18. The Morgan fingerprint density at radius 3 is 2.63 bits per heavy atom. The van der Waals surface area contributed by atoms with Crippen LogP contribution in [0.3, 0.4) is 0 Å². The van der Waals surface area contributed by atoms with Crippen molar-refractivity contribution in [3.8, 4) is 5.69 Å². The summed E-state index contributed by atoms with van der Waals surface area (Å²) in [6.07, 6.45) is 8.27. The second-order valence-corrected chi connectivity index (χ2v) is 6.81. The lowest BCUT2D eigenvalue weighted by Crippen LogP contribution is -2.24. The lowest BCUT2D eigenvalue weighted by atomic mass is 9.72. The second-order valence-electron chi connectivity index (χ2n) is 6.81. The van der Waals surface area contributed by atoms with E-state index in [0.29, 0.717) is 0 Å². The average molecular weight is 368 g/mol. The molecule has 1 fully saturated rings. The zero-order valence-electron chi connectivity index (χ0n) is 16.3. The molecule has 4 rings (SSSR count). The highest BCUT2D eigenvalue weighted by Gasteiger charge is 2.42. The molecule has 2 aliphatic carbocycles. The number of hydrogen-bond acceptors (Lipinski definition) is 3. The van der Waals surface area contributed by atoms with E-state index >= 15 is 0 Å². The van der Waals surface area contributed by atoms with Crippen LogP contribution in [0.5, 0.6) is 0 Å². The first-order valence-corrected chi connectivity index (χ1v) is 9.34. The number of methoxy groups -OCH3 is 1. The van der Waals surface area contributed by atoms with Gasteiger partial charge in [0.2, 0.25) is 0 Å². The van der Waals surface area contributed by atoms with Gasteiger partial charge in [0.05, 0.1) is 24.7 Å². The molecule has 0 saturated heterocycles. The molecule has 0 bridgehead atoms. The van der Waals surface area contributed by atoms with E-state index in [-0.39, 0.29) is 17.2 Å². The Bertz CT molecular complexity index is 909. The first-order valence-electron chi connectivity index (χ1n) is 9.34. The molecule has 5 heteroatoms. The van der Waals surface area contributed by atoms with Crippen molar-refractivity contribution < 1.29 is 13.9 Å². The molecule has 27 heavy (non-hydrogen) atoms. The topological polar surface area (TPSA) is 44.1 Å². The van der Waals surface area contributed by atoms with Crippen LogP contribution in [0.4, 0.5) is 4.39 Å². The number of carbonyl (C=O) groups is 1. The van der Waals surface area contributed by atoms with Gasteiger partial charge >= 0.3 is 5.97 Å². The number of fused-ring (bicyclic) bond motifs is 2. The predicted octanol–water partition coefficient (Wildman–Crippen LogP) is 4.88. The summed E-state index contributed by atoms with van der Waals surface area (Å²) >= 11 is 0. The van der Waals surface area contributed by atoms with E-state index < -0.39 is 0 Å². The average Bonchev–Trinajstić information content (AvgIpc) is 3.22. The Kier molecular flexibility index (Phi) is 5.31. The minimum atomic E-state index is -0.301. The molecule has 1 unspecified atom stereocenters. The lowest BCUT2D eigenvalue weighted by molar-refractivity contribution is -0.134. The summed E-state index contributed by atoms with van der Waals surface area (Å²) in [5.74, 6) is -0.561. The van der Waals surface area contributed by atoms with Gasteiger partial charge in [-0.2, -0.15) is 5.10 Å². The monoisotopic (exact) mass is 368 g/mol. The fraction of sp³-hybridized carbons (Fsp3) is 0.364. The highest BCUT2D eigenvalue weighted by Crippen LogP contribution is 2.52. The molecule has 1 heterocycles. The first-order chi connectivity index (χ1) is 13.0. The fourth-order valence-electron chi connectivity index (χ4n) is 3.93. The fourth-order valence-corrected chi connectivity index (χ4v) is 3.93. The molecule has 0 aliphatic heterocycles. The largest absolute Gasteiger partial charge is 0.466 e. The van der Waals surface area contributed by atoms with Crippen LogP contribution in [0, 0.1) is 11.2 Å². The summed E-state index contributed by atoms with van der Waals surface area (Å²) in [5, 5.41) is 4.50. The molecule has 0 N–H and O–H groups in total. The smallest absolute Gasteiger partial charge is 0.330 e. The molecule has 1 atom stereocenters. The highest BCUT2D eigenvalue weighted by molar-refractivity contribution is 5.83. The summed E-state index contributed by atoms with van der Waals surface area (Å²) in [7, 11) is 1.40. The van der Waals surface area contributed by atoms with Gasteiger partial charge in [-0.3, -0.25) is 0 Å². The Hall–Kier alpha value is -2.69. The molecule has 1 aromatic carbocycles. The van der Waals surface area contributed by atoms with E-state index in [0.717, 1.165) is 41.8 Å². The van der Waals surface area contributed by atoms with Crippen LogP contribution in [-0.4, -0.2) is 22.9 Å². The van der Waals surface area contributed by atoms with Gasteiger partial charge in [0.25, 0.3) is 0 Å². The van der Waals surface area contributed by atoms with Crippen molar-refractivity contribution in [1.29, 1.82) is 0 Å². The summed E-state index contributed by atoms with van der Waals surface area (Å²) in [5.41, 5.74) is 5.28. The van der Waals surface area contributed by atoms with Crippen LogP contribution in [0.2, 0.25) is 0 Å². The van der Waals surface area contributed by atoms with Crippen molar-refractivity contribution in [2.75, 3.05) is 7.11 Å². The molecular weight excluding hydrogens is 343 g/mol. The summed E-state index contributed by atoms with van der Waals surface area (Å²) < 4.78 is 19.8. The SMILES string of the molecule is CC.COC(=O)/C=C1\CCC2=Cc3c(cnn3-c3ccc(F)cc3)CC21C. The molecule has 2 aromatic rings. The van der Waals surface area contributed by atoms with E-state index in [1.165, 1.54) is 24.8 Å². The van der Waals surface area contributed by atoms with E-state index in [2.05, 4.69) is 18.1 Å². The van der Waals surface area contributed by atoms with Crippen molar-refractivity contribution >= 4 is 12.0 Å². The minimum absolute atomic E-state index is 0.155. The predicted molar refractivity (Wildman–Crippen MR) is 104 cm³/mol. The van der Waals surface area contributed by atoms with Crippen LogP contribution < -0.4 is 0 Å². The number of allylic oxidation sites excluding steroid dienone is 2. The van der Waals surface area contributed by atoms with Crippen molar-refractivity contribution in [2.24, 2.45) is 5.41 Å². The van der Waals surface area contributed by atoms with Gasteiger partial charge < -0.3 is 4.74 Å². The molecule has 142 valence electrons. The number of benzene rings is 1. The van der Waals surface area contributed by atoms with Gasteiger partial charge in [0.1, 0.15) is 5.82 Å². The van der Waals surface area contributed by atoms with Gasteiger partial charge in [0.15, 0.2) is 0 Å². The normalized spacial score (nSPS) is 21.7. The Balaban J connectivity index is 0.00000102. The van der Waals surface area contributed by atoms with Gasteiger partial charge in [-0.25, -0.2) is 13.9 Å². The molecule has 0 spiro atoms. The van der Waals surface area contributed by atoms with E-state index in [1.807, 2.05) is 24.7 Å². The highest BCUT2D eigenvalue weighted by atomic mass is 19.1. The maximum atomic E-state index is 13.2. The minimum Gasteiger partial charge on any atom is -0.466 e. The molecular formula is C22H25FN2O2. The molecule has 4 nitrogen and oxygen atoms in total. The maximum Gasteiger partial charge on any atom is 0.330 e. The molecule has 1 saturated carbocycles. The maximum absolute atomic E-state index is 13.2. The quantitative estimate of drug-likeness (QED) is 0.561. The van der Waals surface area contributed by atoms with Crippen molar-refractivity contribution in [3.63, 3.8) is 0 Å². The van der Waals surface area contributed by atoms with E-state index in [1.54, 1.807) is 18.2 Å². The molecule has 2 aliphatic rings. The van der Waals surface area contributed by atoms with Crippen molar-refractivity contribution in [2.45, 2.75) is 40.0 Å². The number of hydrogen-bond donors (Lipinski definition) is 0. The molecule has 0 amide bonds. The Labute approximate surface area is 159 Å². The number of halogens is 1.